The second kappa shape index (κ2) is 4.14. The van der Waals surface area contributed by atoms with Crippen LogP contribution in [0.1, 0.15) is 17.7 Å². The minimum Gasteiger partial charge on any atom is -0.397 e. The summed E-state index contributed by atoms with van der Waals surface area (Å²) in [6.07, 6.45) is -2.71. The predicted octanol–water partition coefficient (Wildman–Crippen LogP) is 1.70. The van der Waals surface area contributed by atoms with Gasteiger partial charge in [-0.15, -0.1) is 0 Å². The molecule has 0 saturated carbocycles. The van der Waals surface area contributed by atoms with Crippen molar-refractivity contribution in [3.05, 3.63) is 21.0 Å². The smallest absolute Gasteiger partial charge is 0.282 e. The highest BCUT2D eigenvalue weighted by Crippen LogP contribution is 2.26. The first kappa shape index (κ1) is 10.6. The van der Waals surface area contributed by atoms with E-state index in [-0.39, 0.29) is 17.9 Å². The van der Waals surface area contributed by atoms with Gasteiger partial charge in [0, 0.05) is 5.56 Å². The molecule has 0 radical (unpaired) electrons. The molecule has 6 heteroatoms. The lowest BCUT2D eigenvalue weighted by Gasteiger charge is -2.08. The summed E-state index contributed by atoms with van der Waals surface area (Å²) in [7, 11) is 0. The molecule has 1 aromatic heterocycles. The average Bonchev–Trinajstić information content (AvgIpc) is 2.08. The molecule has 3 nitrogen and oxygen atoms in total. The maximum atomic E-state index is 12.3. The SMILES string of the molecule is Nc1c(CO)cc(I)nc1C(F)F. The molecular formula is C7H7F2IN2O. The minimum absolute atomic E-state index is 0.127. The lowest BCUT2D eigenvalue weighted by molar-refractivity contribution is 0.146. The van der Waals surface area contributed by atoms with Crippen LogP contribution >= 0.6 is 22.6 Å². The molecule has 0 aliphatic rings. The number of hydrogen-bond acceptors (Lipinski definition) is 3. The van der Waals surface area contributed by atoms with Crippen LogP contribution in [0.5, 0.6) is 0 Å². The largest absolute Gasteiger partial charge is 0.397 e. The maximum Gasteiger partial charge on any atom is 0.282 e. The lowest BCUT2D eigenvalue weighted by Crippen LogP contribution is -2.04. The quantitative estimate of drug-likeness (QED) is 0.645. The van der Waals surface area contributed by atoms with Gasteiger partial charge in [0.25, 0.3) is 6.43 Å². The van der Waals surface area contributed by atoms with Crippen LogP contribution in [0.2, 0.25) is 0 Å². The summed E-state index contributed by atoms with van der Waals surface area (Å²) in [6.45, 7) is -0.357. The van der Waals surface area contributed by atoms with Gasteiger partial charge in [-0.05, 0) is 28.7 Å². The topological polar surface area (TPSA) is 59.1 Å². The van der Waals surface area contributed by atoms with Gasteiger partial charge >= 0.3 is 0 Å². The number of aliphatic hydroxyl groups is 1. The number of nitrogens with zero attached hydrogens (tertiary/aromatic N) is 1. The fourth-order valence-electron chi connectivity index (χ4n) is 0.891. The van der Waals surface area contributed by atoms with E-state index in [2.05, 4.69) is 4.98 Å². The zero-order valence-electron chi connectivity index (χ0n) is 6.47. The Balaban J connectivity index is 3.27. The fraction of sp³-hybridized carbons (Fsp3) is 0.286. The Hall–Kier alpha value is -0.500. The van der Waals surface area contributed by atoms with Crippen LogP contribution in [-0.2, 0) is 6.61 Å². The Bertz CT molecular complexity index is 320. The van der Waals surface area contributed by atoms with Crippen LogP contribution < -0.4 is 5.73 Å². The van der Waals surface area contributed by atoms with Gasteiger partial charge in [-0.3, -0.25) is 0 Å². The van der Waals surface area contributed by atoms with E-state index in [1.54, 1.807) is 22.6 Å². The molecule has 0 aromatic carbocycles. The molecule has 0 atom stereocenters. The fourth-order valence-corrected chi connectivity index (χ4v) is 1.53. The number of alkyl halides is 2. The van der Waals surface area contributed by atoms with Gasteiger partial charge in [-0.25, -0.2) is 13.8 Å². The van der Waals surface area contributed by atoms with Crippen LogP contribution in [0, 0.1) is 3.70 Å². The first-order valence-electron chi connectivity index (χ1n) is 3.40. The van der Waals surface area contributed by atoms with Gasteiger partial charge in [0.2, 0.25) is 0 Å². The average molecular weight is 300 g/mol. The third kappa shape index (κ3) is 2.25. The van der Waals surface area contributed by atoms with Crippen molar-refractivity contribution < 1.29 is 13.9 Å². The zero-order valence-corrected chi connectivity index (χ0v) is 8.62. The number of pyridine rings is 1. The highest BCUT2D eigenvalue weighted by molar-refractivity contribution is 14.1. The van der Waals surface area contributed by atoms with Crippen molar-refractivity contribution in [1.82, 2.24) is 4.98 Å². The van der Waals surface area contributed by atoms with Gasteiger partial charge < -0.3 is 10.8 Å². The Morgan fingerprint density at radius 3 is 2.69 bits per heavy atom. The van der Waals surface area contributed by atoms with Crippen molar-refractivity contribution in [2.75, 3.05) is 5.73 Å². The summed E-state index contributed by atoms with van der Waals surface area (Å²) in [4.78, 5) is 3.58. The van der Waals surface area contributed by atoms with Gasteiger partial charge in [0.1, 0.15) is 9.39 Å². The minimum atomic E-state index is -2.71. The molecule has 0 spiro atoms. The first-order valence-corrected chi connectivity index (χ1v) is 4.48. The molecule has 0 aliphatic carbocycles. The summed E-state index contributed by atoms with van der Waals surface area (Å²) in [5.41, 5.74) is 5.06. The third-order valence-electron chi connectivity index (χ3n) is 1.52. The molecule has 13 heavy (non-hydrogen) atoms. The molecule has 72 valence electrons. The van der Waals surface area contributed by atoms with E-state index in [4.69, 9.17) is 10.8 Å². The summed E-state index contributed by atoms with van der Waals surface area (Å²) in [5, 5.41) is 8.79. The van der Waals surface area contributed by atoms with Gasteiger partial charge in [0.05, 0.1) is 12.3 Å². The number of aliphatic hydroxyl groups excluding tert-OH is 1. The van der Waals surface area contributed by atoms with E-state index < -0.39 is 12.1 Å². The Morgan fingerprint density at radius 1 is 1.62 bits per heavy atom. The molecule has 1 heterocycles. The Labute approximate surface area is 87.1 Å². The van der Waals surface area contributed by atoms with Crippen molar-refractivity contribution in [1.29, 1.82) is 0 Å². The standard InChI is InChI=1S/C7H7F2IN2O/c8-7(9)6-5(11)3(2-13)1-4(10)12-6/h1,7,13H,2,11H2. The van der Waals surface area contributed by atoms with Gasteiger partial charge in [-0.2, -0.15) is 0 Å². The number of rotatable bonds is 2. The van der Waals surface area contributed by atoms with Crippen molar-refractivity contribution >= 4 is 28.3 Å². The van der Waals surface area contributed by atoms with Crippen LogP contribution in [0.15, 0.2) is 6.07 Å². The summed E-state index contributed by atoms with van der Waals surface area (Å²) in [6, 6.07) is 1.47. The summed E-state index contributed by atoms with van der Waals surface area (Å²) >= 11 is 1.79. The molecular weight excluding hydrogens is 293 g/mol. The zero-order chi connectivity index (χ0) is 10.0. The van der Waals surface area contributed by atoms with Crippen LogP contribution in [0.25, 0.3) is 0 Å². The number of aromatic nitrogens is 1. The monoisotopic (exact) mass is 300 g/mol. The lowest BCUT2D eigenvalue weighted by atomic mass is 10.2. The number of nitrogen functional groups attached to an aromatic ring is 1. The van der Waals surface area contributed by atoms with Crippen molar-refractivity contribution in [2.45, 2.75) is 13.0 Å². The molecule has 0 fully saturated rings. The Morgan fingerprint density at radius 2 is 2.23 bits per heavy atom. The molecule has 0 bridgehead atoms. The van der Waals surface area contributed by atoms with Gasteiger partial charge in [0.15, 0.2) is 0 Å². The van der Waals surface area contributed by atoms with Crippen LogP contribution in [-0.4, -0.2) is 10.1 Å². The molecule has 0 unspecified atom stereocenters. The second-order valence-electron chi connectivity index (χ2n) is 2.36. The molecule has 0 aliphatic heterocycles. The number of anilines is 1. The molecule has 0 amide bonds. The van der Waals surface area contributed by atoms with Crippen LogP contribution in [0.3, 0.4) is 0 Å². The Kier molecular flexibility index (Phi) is 3.37. The number of nitrogens with two attached hydrogens (primary N) is 1. The van der Waals surface area contributed by atoms with E-state index >= 15 is 0 Å². The highest BCUT2D eigenvalue weighted by Gasteiger charge is 2.16. The van der Waals surface area contributed by atoms with E-state index in [1.807, 2.05) is 0 Å². The van der Waals surface area contributed by atoms with E-state index in [1.165, 1.54) is 6.07 Å². The van der Waals surface area contributed by atoms with E-state index in [0.29, 0.717) is 3.70 Å². The van der Waals surface area contributed by atoms with Crippen molar-refractivity contribution in [2.24, 2.45) is 0 Å². The number of hydrogen-bond donors (Lipinski definition) is 2. The molecule has 1 aromatic rings. The molecule has 1 rings (SSSR count). The van der Waals surface area contributed by atoms with Crippen molar-refractivity contribution in [3.8, 4) is 0 Å². The second-order valence-corrected chi connectivity index (χ2v) is 3.47. The van der Waals surface area contributed by atoms with Crippen molar-refractivity contribution in [3.63, 3.8) is 0 Å². The normalized spacial score (nSPS) is 10.8. The molecule has 0 saturated heterocycles. The predicted molar refractivity (Wildman–Crippen MR) is 52.2 cm³/mol. The van der Waals surface area contributed by atoms with Crippen LogP contribution in [0.4, 0.5) is 14.5 Å². The first-order chi connectivity index (χ1) is 6.06. The summed E-state index contributed by atoms with van der Waals surface area (Å²) in [5.74, 6) is 0. The number of halogens is 3. The summed E-state index contributed by atoms with van der Waals surface area (Å²) < 4.78 is 25.0. The molecule has 3 N–H and O–H groups in total. The maximum absolute atomic E-state index is 12.3. The highest BCUT2D eigenvalue weighted by atomic mass is 127. The van der Waals surface area contributed by atoms with E-state index in [9.17, 15) is 8.78 Å². The third-order valence-corrected chi connectivity index (χ3v) is 2.07. The van der Waals surface area contributed by atoms with E-state index in [0.717, 1.165) is 0 Å². The van der Waals surface area contributed by atoms with Gasteiger partial charge in [-0.1, -0.05) is 0 Å².